The molecule has 0 bridgehead atoms. The van der Waals surface area contributed by atoms with Crippen LogP contribution in [0.25, 0.3) is 0 Å². The van der Waals surface area contributed by atoms with Crippen molar-refractivity contribution < 1.29 is 19.8 Å². The van der Waals surface area contributed by atoms with Gasteiger partial charge in [0.25, 0.3) is 0 Å². The minimum Gasteiger partial charge on any atom is -0.481 e. The van der Waals surface area contributed by atoms with Gasteiger partial charge in [-0.25, -0.2) is 0 Å². The summed E-state index contributed by atoms with van der Waals surface area (Å²) in [5, 5.41) is 21.3. The molecular formula is C9H12N2O4. The summed E-state index contributed by atoms with van der Waals surface area (Å²) in [5.41, 5.74) is 0.423. The first-order chi connectivity index (χ1) is 7.04. The number of carboxylic acids is 2. The highest BCUT2D eigenvalue weighted by atomic mass is 16.4. The Balaban J connectivity index is 2.88. The second-order valence-corrected chi connectivity index (χ2v) is 3.12. The SMILES string of the molecule is CCn1cc(C(CC(=O)O)C(=O)O)cn1. The van der Waals surface area contributed by atoms with Gasteiger partial charge in [0.05, 0.1) is 18.5 Å². The van der Waals surface area contributed by atoms with Crippen LogP contribution in [0.15, 0.2) is 12.4 Å². The summed E-state index contributed by atoms with van der Waals surface area (Å²) in [4.78, 5) is 21.3. The molecule has 0 amide bonds. The lowest BCUT2D eigenvalue weighted by molar-refractivity contribution is -0.145. The maximum Gasteiger partial charge on any atom is 0.311 e. The molecule has 0 saturated heterocycles. The molecule has 2 N–H and O–H groups in total. The van der Waals surface area contributed by atoms with E-state index in [0.717, 1.165) is 0 Å². The third-order valence-electron chi connectivity index (χ3n) is 2.06. The average molecular weight is 212 g/mol. The Morgan fingerprint density at radius 1 is 1.53 bits per heavy atom. The van der Waals surface area contributed by atoms with Crippen LogP contribution in [0.5, 0.6) is 0 Å². The van der Waals surface area contributed by atoms with Crippen LogP contribution in [0.1, 0.15) is 24.8 Å². The smallest absolute Gasteiger partial charge is 0.311 e. The number of hydrogen-bond donors (Lipinski definition) is 2. The Kier molecular flexibility index (Phi) is 3.43. The predicted octanol–water partition coefficient (Wildman–Crippen LogP) is 0.546. The van der Waals surface area contributed by atoms with E-state index >= 15 is 0 Å². The van der Waals surface area contributed by atoms with E-state index in [2.05, 4.69) is 5.10 Å². The van der Waals surface area contributed by atoms with Crippen LogP contribution in [-0.2, 0) is 16.1 Å². The van der Waals surface area contributed by atoms with Crippen LogP contribution in [-0.4, -0.2) is 31.9 Å². The molecule has 0 aliphatic carbocycles. The molecule has 1 aromatic rings. The van der Waals surface area contributed by atoms with E-state index in [0.29, 0.717) is 12.1 Å². The molecule has 6 nitrogen and oxygen atoms in total. The van der Waals surface area contributed by atoms with Crippen LogP contribution in [0.2, 0.25) is 0 Å². The highest BCUT2D eigenvalue weighted by molar-refractivity contribution is 5.82. The number of aliphatic carboxylic acids is 2. The van der Waals surface area contributed by atoms with Gasteiger partial charge >= 0.3 is 11.9 Å². The first-order valence-electron chi connectivity index (χ1n) is 4.51. The van der Waals surface area contributed by atoms with Crippen LogP contribution in [0, 0.1) is 0 Å². The number of carbonyl (C=O) groups is 2. The fourth-order valence-electron chi connectivity index (χ4n) is 1.25. The zero-order chi connectivity index (χ0) is 11.4. The molecule has 15 heavy (non-hydrogen) atoms. The van der Waals surface area contributed by atoms with Gasteiger partial charge in [0.15, 0.2) is 0 Å². The van der Waals surface area contributed by atoms with Gasteiger partial charge in [-0.3, -0.25) is 14.3 Å². The first-order valence-corrected chi connectivity index (χ1v) is 4.51. The number of carboxylic acid groups (broad SMARTS) is 2. The predicted molar refractivity (Wildman–Crippen MR) is 50.5 cm³/mol. The highest BCUT2D eigenvalue weighted by Gasteiger charge is 2.24. The Bertz CT molecular complexity index is 372. The van der Waals surface area contributed by atoms with Crippen LogP contribution >= 0.6 is 0 Å². The van der Waals surface area contributed by atoms with E-state index in [-0.39, 0.29) is 0 Å². The maximum atomic E-state index is 10.8. The quantitative estimate of drug-likeness (QED) is 0.743. The molecule has 82 valence electrons. The lowest BCUT2D eigenvalue weighted by atomic mass is 9.99. The summed E-state index contributed by atoms with van der Waals surface area (Å²) in [5.74, 6) is -3.30. The summed E-state index contributed by atoms with van der Waals surface area (Å²) in [6.45, 7) is 2.49. The molecule has 1 heterocycles. The van der Waals surface area contributed by atoms with Crippen molar-refractivity contribution in [1.29, 1.82) is 0 Å². The van der Waals surface area contributed by atoms with Crippen molar-refractivity contribution in [3.05, 3.63) is 18.0 Å². The standard InChI is InChI=1S/C9H12N2O4/c1-2-11-5-6(4-10-11)7(9(14)15)3-8(12)13/h4-5,7H,2-3H2,1H3,(H,12,13)(H,14,15). The Morgan fingerprint density at radius 3 is 2.60 bits per heavy atom. The second-order valence-electron chi connectivity index (χ2n) is 3.12. The van der Waals surface area contributed by atoms with E-state index in [9.17, 15) is 9.59 Å². The first kappa shape index (κ1) is 11.2. The van der Waals surface area contributed by atoms with Gasteiger partial charge in [-0.05, 0) is 6.92 Å². The molecule has 0 fully saturated rings. The summed E-state index contributed by atoms with van der Waals surface area (Å²) < 4.78 is 1.56. The van der Waals surface area contributed by atoms with Crippen molar-refractivity contribution in [2.24, 2.45) is 0 Å². The van der Waals surface area contributed by atoms with Crippen LogP contribution in [0.3, 0.4) is 0 Å². The Hall–Kier alpha value is -1.85. The van der Waals surface area contributed by atoms with Crippen LogP contribution in [0.4, 0.5) is 0 Å². The number of aromatic nitrogens is 2. The highest BCUT2D eigenvalue weighted by Crippen LogP contribution is 2.19. The van der Waals surface area contributed by atoms with Gasteiger partial charge in [-0.2, -0.15) is 5.10 Å². The van der Waals surface area contributed by atoms with Crippen molar-refractivity contribution >= 4 is 11.9 Å². The van der Waals surface area contributed by atoms with E-state index in [1.54, 1.807) is 10.9 Å². The Morgan fingerprint density at radius 2 is 2.20 bits per heavy atom. The van der Waals surface area contributed by atoms with Crippen LogP contribution < -0.4 is 0 Å². The van der Waals surface area contributed by atoms with Crippen molar-refractivity contribution in [1.82, 2.24) is 9.78 Å². The van der Waals surface area contributed by atoms with E-state index in [4.69, 9.17) is 10.2 Å². The number of hydrogen-bond acceptors (Lipinski definition) is 3. The second kappa shape index (κ2) is 4.59. The third kappa shape index (κ3) is 2.80. The van der Waals surface area contributed by atoms with Gasteiger partial charge in [0.2, 0.25) is 0 Å². The molecule has 1 atom stereocenters. The van der Waals surface area contributed by atoms with Gasteiger partial charge in [0.1, 0.15) is 0 Å². The summed E-state index contributed by atoms with van der Waals surface area (Å²) in [6, 6.07) is 0. The van der Waals surface area contributed by atoms with Crippen molar-refractivity contribution in [2.45, 2.75) is 25.8 Å². The summed E-state index contributed by atoms with van der Waals surface area (Å²) >= 11 is 0. The van der Waals surface area contributed by atoms with Gasteiger partial charge in [-0.15, -0.1) is 0 Å². The molecule has 1 rings (SSSR count). The number of rotatable bonds is 5. The normalized spacial score (nSPS) is 12.3. The lowest BCUT2D eigenvalue weighted by Gasteiger charge is -2.06. The number of aryl methyl sites for hydroxylation is 1. The molecule has 0 aromatic carbocycles. The largest absolute Gasteiger partial charge is 0.481 e. The maximum absolute atomic E-state index is 10.8. The van der Waals surface area contributed by atoms with Crippen molar-refractivity contribution in [3.63, 3.8) is 0 Å². The molecule has 1 unspecified atom stereocenters. The van der Waals surface area contributed by atoms with E-state index in [1.807, 2.05) is 6.92 Å². The zero-order valence-electron chi connectivity index (χ0n) is 8.25. The lowest BCUT2D eigenvalue weighted by Crippen LogP contribution is -2.15. The zero-order valence-corrected chi connectivity index (χ0v) is 8.25. The molecule has 0 radical (unpaired) electrons. The molecule has 1 aromatic heterocycles. The third-order valence-corrected chi connectivity index (χ3v) is 2.06. The molecule has 6 heteroatoms. The topological polar surface area (TPSA) is 92.4 Å². The Labute approximate surface area is 86.1 Å². The summed E-state index contributed by atoms with van der Waals surface area (Å²) in [7, 11) is 0. The van der Waals surface area contributed by atoms with E-state index < -0.39 is 24.3 Å². The fourth-order valence-corrected chi connectivity index (χ4v) is 1.25. The molecule has 0 saturated carbocycles. The molecule has 0 aliphatic heterocycles. The van der Waals surface area contributed by atoms with Crippen molar-refractivity contribution in [2.75, 3.05) is 0 Å². The van der Waals surface area contributed by atoms with E-state index in [1.165, 1.54) is 6.20 Å². The molecular weight excluding hydrogens is 200 g/mol. The van der Waals surface area contributed by atoms with Gasteiger partial charge < -0.3 is 10.2 Å². The average Bonchev–Trinajstić information content (AvgIpc) is 2.61. The van der Waals surface area contributed by atoms with Gasteiger partial charge in [-0.1, -0.05) is 0 Å². The number of nitrogens with zero attached hydrogens (tertiary/aromatic N) is 2. The summed E-state index contributed by atoms with van der Waals surface area (Å²) in [6.07, 6.45) is 2.53. The molecule has 0 aliphatic rings. The fraction of sp³-hybridized carbons (Fsp3) is 0.444. The van der Waals surface area contributed by atoms with Gasteiger partial charge in [0, 0.05) is 18.3 Å². The molecule has 0 spiro atoms. The van der Waals surface area contributed by atoms with Crippen molar-refractivity contribution in [3.8, 4) is 0 Å². The minimum absolute atomic E-state index is 0.423. The monoisotopic (exact) mass is 212 g/mol. The minimum atomic E-state index is -1.15.